The third kappa shape index (κ3) is 4.09. The van der Waals surface area contributed by atoms with E-state index in [1.54, 1.807) is 0 Å². The lowest BCUT2D eigenvalue weighted by molar-refractivity contribution is -0.124. The number of rotatable bonds is 5. The lowest BCUT2D eigenvalue weighted by Gasteiger charge is -2.26. The minimum absolute atomic E-state index is 0.104. The van der Waals surface area contributed by atoms with Crippen molar-refractivity contribution in [1.29, 1.82) is 0 Å². The third-order valence-corrected chi connectivity index (χ3v) is 5.02. The van der Waals surface area contributed by atoms with Crippen LogP contribution in [0.5, 0.6) is 0 Å². The van der Waals surface area contributed by atoms with E-state index in [4.69, 9.17) is 4.74 Å². The van der Waals surface area contributed by atoms with Gasteiger partial charge in [0.1, 0.15) is 0 Å². The van der Waals surface area contributed by atoms with E-state index in [2.05, 4.69) is 44.3 Å². The smallest absolute Gasteiger partial charge is 0.223 e. The van der Waals surface area contributed by atoms with Gasteiger partial charge < -0.3 is 10.1 Å². The topological polar surface area (TPSA) is 41.6 Å². The van der Waals surface area contributed by atoms with Crippen molar-refractivity contribution in [3.63, 3.8) is 0 Å². The van der Waals surface area contributed by atoms with Gasteiger partial charge in [-0.2, -0.15) is 0 Å². The van der Waals surface area contributed by atoms with Crippen LogP contribution in [0.1, 0.15) is 17.5 Å². The molecular formula is C17H23BrN2O2. The maximum atomic E-state index is 12.3. The molecular weight excluding hydrogens is 344 g/mol. The zero-order chi connectivity index (χ0) is 15.4. The van der Waals surface area contributed by atoms with Gasteiger partial charge in [-0.25, -0.2) is 0 Å². The standard InChI is InChI=1S/C17H23BrN2O2/c18-16-3-2-13-10-15(11-14(13)12-16)17(21)19-4-1-5-20-6-8-22-9-7-20/h2-3,12,15H,1,4-11H2,(H,19,21). The van der Waals surface area contributed by atoms with Crippen molar-refractivity contribution in [2.24, 2.45) is 5.92 Å². The second kappa shape index (κ2) is 7.57. The quantitative estimate of drug-likeness (QED) is 0.810. The average Bonchev–Trinajstić information content (AvgIpc) is 2.95. The first-order valence-electron chi connectivity index (χ1n) is 8.07. The first kappa shape index (κ1) is 16.0. The Kier molecular flexibility index (Phi) is 5.50. The normalized spacial score (nSPS) is 21.6. The molecule has 4 nitrogen and oxygen atoms in total. The molecule has 120 valence electrons. The molecule has 0 radical (unpaired) electrons. The van der Waals surface area contributed by atoms with E-state index in [1.165, 1.54) is 11.1 Å². The molecule has 1 aromatic rings. The van der Waals surface area contributed by atoms with Crippen LogP contribution >= 0.6 is 15.9 Å². The van der Waals surface area contributed by atoms with Crippen molar-refractivity contribution < 1.29 is 9.53 Å². The van der Waals surface area contributed by atoms with Gasteiger partial charge in [-0.1, -0.05) is 22.0 Å². The van der Waals surface area contributed by atoms with E-state index >= 15 is 0 Å². The molecule has 1 fully saturated rings. The summed E-state index contributed by atoms with van der Waals surface area (Å²) in [6, 6.07) is 6.33. The average molecular weight is 367 g/mol. The van der Waals surface area contributed by atoms with Crippen molar-refractivity contribution in [3.8, 4) is 0 Å². The minimum atomic E-state index is 0.104. The second-order valence-corrected chi connectivity index (χ2v) is 7.03. The number of morpholine rings is 1. The van der Waals surface area contributed by atoms with Crippen molar-refractivity contribution in [3.05, 3.63) is 33.8 Å². The number of benzene rings is 1. The Morgan fingerprint density at radius 1 is 1.27 bits per heavy atom. The molecule has 2 aliphatic rings. The van der Waals surface area contributed by atoms with Crippen molar-refractivity contribution in [2.45, 2.75) is 19.3 Å². The van der Waals surface area contributed by atoms with Crippen LogP contribution in [0.15, 0.2) is 22.7 Å². The van der Waals surface area contributed by atoms with Gasteiger partial charge in [-0.15, -0.1) is 0 Å². The predicted octanol–water partition coefficient (Wildman–Crippen LogP) is 2.00. The van der Waals surface area contributed by atoms with Gasteiger partial charge in [0.05, 0.1) is 13.2 Å². The Morgan fingerprint density at radius 3 is 2.86 bits per heavy atom. The molecule has 1 amide bonds. The molecule has 0 spiro atoms. The molecule has 1 aliphatic carbocycles. The van der Waals surface area contributed by atoms with Gasteiger partial charge in [-0.3, -0.25) is 9.69 Å². The molecule has 1 heterocycles. The molecule has 1 saturated heterocycles. The summed E-state index contributed by atoms with van der Waals surface area (Å²) >= 11 is 3.50. The molecule has 1 unspecified atom stereocenters. The van der Waals surface area contributed by atoms with E-state index in [0.717, 1.165) is 63.1 Å². The number of carbonyl (C=O) groups is 1. The number of ether oxygens (including phenoxy) is 1. The number of hydrogen-bond acceptors (Lipinski definition) is 3. The first-order chi connectivity index (χ1) is 10.7. The van der Waals surface area contributed by atoms with Crippen LogP contribution in [0, 0.1) is 5.92 Å². The number of carbonyl (C=O) groups excluding carboxylic acids is 1. The predicted molar refractivity (Wildman–Crippen MR) is 89.9 cm³/mol. The number of amides is 1. The maximum Gasteiger partial charge on any atom is 0.223 e. The van der Waals surface area contributed by atoms with Crippen LogP contribution in [-0.4, -0.2) is 50.2 Å². The summed E-state index contributed by atoms with van der Waals surface area (Å²) < 4.78 is 6.43. The van der Waals surface area contributed by atoms with Gasteiger partial charge in [0.15, 0.2) is 0 Å². The summed E-state index contributed by atoms with van der Waals surface area (Å²) in [5, 5.41) is 3.11. The van der Waals surface area contributed by atoms with Crippen molar-refractivity contribution in [2.75, 3.05) is 39.4 Å². The summed E-state index contributed by atoms with van der Waals surface area (Å²) in [6.07, 6.45) is 2.75. The Balaban J connectivity index is 1.38. The van der Waals surface area contributed by atoms with E-state index in [0.29, 0.717) is 0 Å². The van der Waals surface area contributed by atoms with Gasteiger partial charge in [0, 0.05) is 30.0 Å². The number of nitrogens with zero attached hydrogens (tertiary/aromatic N) is 1. The lowest BCUT2D eigenvalue weighted by Crippen LogP contribution is -2.38. The van der Waals surface area contributed by atoms with Gasteiger partial charge >= 0.3 is 0 Å². The number of fused-ring (bicyclic) bond motifs is 1. The minimum Gasteiger partial charge on any atom is -0.379 e. The fraction of sp³-hybridized carbons (Fsp3) is 0.588. The van der Waals surface area contributed by atoms with E-state index in [1.807, 2.05) is 0 Å². The summed E-state index contributed by atoms with van der Waals surface area (Å²) in [4.78, 5) is 14.7. The van der Waals surface area contributed by atoms with Gasteiger partial charge in [-0.05, 0) is 49.1 Å². The van der Waals surface area contributed by atoms with E-state index in [9.17, 15) is 4.79 Å². The lowest BCUT2D eigenvalue weighted by atomic mass is 10.1. The largest absolute Gasteiger partial charge is 0.379 e. The Bertz CT molecular complexity index is 529. The Hall–Kier alpha value is -0.910. The SMILES string of the molecule is O=C(NCCCN1CCOCC1)C1Cc2ccc(Br)cc2C1. The van der Waals surface area contributed by atoms with Crippen LogP contribution < -0.4 is 5.32 Å². The summed E-state index contributed by atoms with van der Waals surface area (Å²) in [5.74, 6) is 0.307. The Labute approximate surface area is 140 Å². The molecule has 0 saturated carbocycles. The van der Waals surface area contributed by atoms with Crippen LogP contribution in [-0.2, 0) is 22.4 Å². The number of halogens is 1. The molecule has 5 heteroatoms. The summed E-state index contributed by atoms with van der Waals surface area (Å²) in [5.41, 5.74) is 2.62. The first-order valence-corrected chi connectivity index (χ1v) is 8.87. The molecule has 1 atom stereocenters. The molecule has 1 N–H and O–H groups in total. The molecule has 1 aromatic carbocycles. The fourth-order valence-electron chi connectivity index (χ4n) is 3.26. The zero-order valence-corrected chi connectivity index (χ0v) is 14.4. The van der Waals surface area contributed by atoms with Gasteiger partial charge in [0.25, 0.3) is 0 Å². The van der Waals surface area contributed by atoms with Crippen molar-refractivity contribution in [1.82, 2.24) is 10.2 Å². The third-order valence-electron chi connectivity index (χ3n) is 4.53. The Morgan fingerprint density at radius 2 is 2.05 bits per heavy atom. The molecule has 0 aromatic heterocycles. The number of hydrogen-bond donors (Lipinski definition) is 1. The highest BCUT2D eigenvalue weighted by Gasteiger charge is 2.27. The molecule has 1 aliphatic heterocycles. The summed E-state index contributed by atoms with van der Waals surface area (Å²) in [6.45, 7) is 5.51. The van der Waals surface area contributed by atoms with Crippen LogP contribution in [0.2, 0.25) is 0 Å². The fourth-order valence-corrected chi connectivity index (χ4v) is 3.66. The second-order valence-electron chi connectivity index (χ2n) is 6.12. The van der Waals surface area contributed by atoms with Crippen LogP contribution in [0.3, 0.4) is 0 Å². The zero-order valence-electron chi connectivity index (χ0n) is 12.8. The highest BCUT2D eigenvalue weighted by Crippen LogP contribution is 2.29. The number of nitrogens with one attached hydrogen (secondary N) is 1. The molecule has 3 rings (SSSR count). The highest BCUT2D eigenvalue weighted by molar-refractivity contribution is 9.10. The molecule has 0 bridgehead atoms. The summed E-state index contributed by atoms with van der Waals surface area (Å²) in [7, 11) is 0. The monoisotopic (exact) mass is 366 g/mol. The van der Waals surface area contributed by atoms with Crippen LogP contribution in [0.25, 0.3) is 0 Å². The molecule has 22 heavy (non-hydrogen) atoms. The van der Waals surface area contributed by atoms with E-state index < -0.39 is 0 Å². The van der Waals surface area contributed by atoms with Crippen molar-refractivity contribution >= 4 is 21.8 Å². The highest BCUT2D eigenvalue weighted by atomic mass is 79.9. The van der Waals surface area contributed by atoms with Crippen LogP contribution in [0.4, 0.5) is 0 Å². The maximum absolute atomic E-state index is 12.3. The van der Waals surface area contributed by atoms with Gasteiger partial charge in [0.2, 0.25) is 5.91 Å². The van der Waals surface area contributed by atoms with E-state index in [-0.39, 0.29) is 11.8 Å².